The number of hydrogen-bond donors (Lipinski definition) is 1. The van der Waals surface area contributed by atoms with Crippen LogP contribution >= 0.6 is 0 Å². The number of amides is 2. The Hall–Kier alpha value is -2.99. The number of benzene rings is 2. The molecule has 0 bridgehead atoms. The lowest BCUT2D eigenvalue weighted by Crippen LogP contribution is -2.52. The predicted octanol–water partition coefficient (Wildman–Crippen LogP) is 3.04. The van der Waals surface area contributed by atoms with Crippen molar-refractivity contribution in [1.82, 2.24) is 4.90 Å². The maximum Gasteiger partial charge on any atom is 0.332 e. The van der Waals surface area contributed by atoms with Crippen molar-refractivity contribution >= 4 is 17.8 Å². The number of nitrogens with zero attached hydrogens (tertiary/aromatic N) is 1. The van der Waals surface area contributed by atoms with Gasteiger partial charge < -0.3 is 9.84 Å². The number of aliphatic hydroxyl groups excluding tert-OH is 1. The van der Waals surface area contributed by atoms with Crippen LogP contribution in [0.3, 0.4) is 0 Å². The molecule has 0 saturated heterocycles. The Balaban J connectivity index is 1.98. The van der Waals surface area contributed by atoms with Gasteiger partial charge in [-0.3, -0.25) is 14.5 Å². The maximum atomic E-state index is 13.0. The molecule has 6 nitrogen and oxygen atoms in total. The van der Waals surface area contributed by atoms with Gasteiger partial charge in [0.2, 0.25) is 0 Å². The molecule has 0 radical (unpaired) electrons. The summed E-state index contributed by atoms with van der Waals surface area (Å²) in [5, 5.41) is 10.1. The lowest BCUT2D eigenvalue weighted by Gasteiger charge is -2.30. The topological polar surface area (TPSA) is 83.9 Å². The molecule has 28 heavy (non-hydrogen) atoms. The molecule has 0 saturated carbocycles. The Morgan fingerprint density at radius 3 is 2.14 bits per heavy atom. The van der Waals surface area contributed by atoms with Gasteiger partial charge in [0.15, 0.2) is 6.04 Å². The SMILES string of the molecule is C[C@@H](O)[C@@H](C(=O)OC(C)(C)C)N1C(=O)c2ccc(-c3ccccc3)cc2C1=O. The zero-order valence-electron chi connectivity index (χ0n) is 16.3. The monoisotopic (exact) mass is 381 g/mol. The molecule has 3 rings (SSSR count). The molecular formula is C22H23NO5. The first-order valence-electron chi connectivity index (χ1n) is 9.08. The first-order chi connectivity index (χ1) is 13.1. The third-order valence-electron chi connectivity index (χ3n) is 4.41. The average molecular weight is 381 g/mol. The lowest BCUT2D eigenvalue weighted by atomic mass is 10.0. The zero-order chi connectivity index (χ0) is 20.6. The van der Waals surface area contributed by atoms with Crippen LogP contribution in [0.4, 0.5) is 0 Å². The molecule has 2 aromatic rings. The first-order valence-corrected chi connectivity index (χ1v) is 9.08. The second-order valence-electron chi connectivity index (χ2n) is 7.83. The van der Waals surface area contributed by atoms with Gasteiger partial charge in [0, 0.05) is 0 Å². The van der Waals surface area contributed by atoms with Gasteiger partial charge in [-0.1, -0.05) is 36.4 Å². The Morgan fingerprint density at radius 1 is 0.964 bits per heavy atom. The van der Waals surface area contributed by atoms with E-state index in [-0.39, 0.29) is 11.1 Å². The molecule has 0 aliphatic carbocycles. The van der Waals surface area contributed by atoms with Crippen molar-refractivity contribution in [3.05, 3.63) is 59.7 Å². The summed E-state index contributed by atoms with van der Waals surface area (Å²) in [6.07, 6.45) is -1.27. The van der Waals surface area contributed by atoms with E-state index in [1.54, 1.807) is 39.0 Å². The van der Waals surface area contributed by atoms with Crippen molar-refractivity contribution in [2.24, 2.45) is 0 Å². The molecule has 0 aromatic heterocycles. The fourth-order valence-corrected chi connectivity index (χ4v) is 3.20. The summed E-state index contributed by atoms with van der Waals surface area (Å²) >= 11 is 0. The highest BCUT2D eigenvalue weighted by Crippen LogP contribution is 2.31. The highest BCUT2D eigenvalue weighted by Gasteiger charge is 2.46. The average Bonchev–Trinajstić information content (AvgIpc) is 2.86. The van der Waals surface area contributed by atoms with Crippen LogP contribution in [0.5, 0.6) is 0 Å². The van der Waals surface area contributed by atoms with E-state index in [1.165, 1.54) is 6.92 Å². The van der Waals surface area contributed by atoms with Crippen LogP contribution < -0.4 is 0 Å². The standard InChI is InChI=1S/C22H23NO5/c1-13(24)18(21(27)28-22(2,3)4)23-19(25)16-11-10-15(12-17(16)20(23)26)14-8-6-5-7-9-14/h5-13,18,24H,1-4H3/t13-,18+/m1/s1. The molecule has 1 aliphatic rings. The smallest absolute Gasteiger partial charge is 0.332 e. The summed E-state index contributed by atoms with van der Waals surface area (Å²) in [7, 11) is 0. The van der Waals surface area contributed by atoms with E-state index in [4.69, 9.17) is 4.74 Å². The molecule has 2 amide bonds. The predicted molar refractivity (Wildman–Crippen MR) is 104 cm³/mol. The van der Waals surface area contributed by atoms with Crippen LogP contribution in [0.1, 0.15) is 48.4 Å². The molecule has 0 unspecified atom stereocenters. The molecule has 2 aromatic carbocycles. The molecule has 0 spiro atoms. The van der Waals surface area contributed by atoms with Gasteiger partial charge in [-0.05, 0) is 51.0 Å². The van der Waals surface area contributed by atoms with Gasteiger partial charge in [0.25, 0.3) is 11.8 Å². The van der Waals surface area contributed by atoms with Crippen LogP contribution in [0.15, 0.2) is 48.5 Å². The third kappa shape index (κ3) is 3.68. The van der Waals surface area contributed by atoms with E-state index in [0.717, 1.165) is 16.0 Å². The highest BCUT2D eigenvalue weighted by molar-refractivity contribution is 6.23. The van der Waals surface area contributed by atoms with Crippen molar-refractivity contribution in [1.29, 1.82) is 0 Å². The number of fused-ring (bicyclic) bond motifs is 1. The summed E-state index contributed by atoms with van der Waals surface area (Å²) in [6, 6.07) is 13.0. The number of carbonyl (C=O) groups excluding carboxylic acids is 3. The molecule has 1 N–H and O–H groups in total. The minimum absolute atomic E-state index is 0.207. The number of aliphatic hydroxyl groups is 1. The van der Waals surface area contributed by atoms with Gasteiger partial charge >= 0.3 is 5.97 Å². The number of rotatable bonds is 4. The van der Waals surface area contributed by atoms with E-state index in [1.807, 2.05) is 30.3 Å². The zero-order valence-corrected chi connectivity index (χ0v) is 16.3. The van der Waals surface area contributed by atoms with Gasteiger partial charge in [-0.25, -0.2) is 4.79 Å². The third-order valence-corrected chi connectivity index (χ3v) is 4.41. The summed E-state index contributed by atoms with van der Waals surface area (Å²) in [5.41, 5.74) is 1.29. The van der Waals surface area contributed by atoms with E-state index < -0.39 is 35.5 Å². The number of ether oxygens (including phenoxy) is 1. The fraction of sp³-hybridized carbons (Fsp3) is 0.318. The van der Waals surface area contributed by atoms with Crippen molar-refractivity contribution in [3.63, 3.8) is 0 Å². The normalized spacial score (nSPS) is 16.0. The maximum absolute atomic E-state index is 13.0. The minimum atomic E-state index is -1.41. The highest BCUT2D eigenvalue weighted by atomic mass is 16.6. The summed E-state index contributed by atoms with van der Waals surface area (Å²) < 4.78 is 5.32. The van der Waals surface area contributed by atoms with Gasteiger partial charge in [0.1, 0.15) is 5.60 Å². The Morgan fingerprint density at radius 2 is 1.57 bits per heavy atom. The second kappa shape index (κ2) is 7.20. The van der Waals surface area contributed by atoms with Crippen LogP contribution in [-0.2, 0) is 9.53 Å². The summed E-state index contributed by atoms with van der Waals surface area (Å²) in [6.45, 7) is 6.39. The fourth-order valence-electron chi connectivity index (χ4n) is 3.20. The summed E-state index contributed by atoms with van der Waals surface area (Å²) in [5.74, 6) is -2.05. The minimum Gasteiger partial charge on any atom is -0.458 e. The van der Waals surface area contributed by atoms with Crippen LogP contribution in [-0.4, -0.2) is 45.5 Å². The van der Waals surface area contributed by atoms with E-state index in [2.05, 4.69) is 0 Å². The van der Waals surface area contributed by atoms with Gasteiger partial charge in [-0.15, -0.1) is 0 Å². The lowest BCUT2D eigenvalue weighted by molar-refractivity contribution is -0.163. The van der Waals surface area contributed by atoms with Crippen LogP contribution in [0.2, 0.25) is 0 Å². The molecule has 2 atom stereocenters. The number of hydrogen-bond acceptors (Lipinski definition) is 5. The van der Waals surface area contributed by atoms with Gasteiger partial charge in [-0.2, -0.15) is 0 Å². The number of carbonyl (C=O) groups is 3. The quantitative estimate of drug-likeness (QED) is 0.650. The number of esters is 1. The van der Waals surface area contributed by atoms with Crippen molar-refractivity contribution in [2.45, 2.75) is 45.4 Å². The molecule has 6 heteroatoms. The Bertz CT molecular complexity index is 928. The van der Waals surface area contributed by atoms with Crippen molar-refractivity contribution in [3.8, 4) is 11.1 Å². The molecule has 0 fully saturated rings. The summed E-state index contributed by atoms with van der Waals surface area (Å²) in [4.78, 5) is 39.2. The van der Waals surface area contributed by atoms with E-state index in [0.29, 0.717) is 0 Å². The molecule has 146 valence electrons. The molecule has 1 heterocycles. The largest absolute Gasteiger partial charge is 0.458 e. The van der Waals surface area contributed by atoms with E-state index in [9.17, 15) is 19.5 Å². The second-order valence-corrected chi connectivity index (χ2v) is 7.83. The Kier molecular flexibility index (Phi) is 5.08. The number of imide groups is 1. The van der Waals surface area contributed by atoms with Crippen molar-refractivity contribution in [2.75, 3.05) is 0 Å². The van der Waals surface area contributed by atoms with Gasteiger partial charge in [0.05, 0.1) is 17.2 Å². The van der Waals surface area contributed by atoms with Crippen LogP contribution in [0.25, 0.3) is 11.1 Å². The van der Waals surface area contributed by atoms with Crippen molar-refractivity contribution < 1.29 is 24.2 Å². The molecular weight excluding hydrogens is 358 g/mol. The first kappa shape index (κ1) is 19.8. The molecule has 1 aliphatic heterocycles. The Labute approximate surface area is 163 Å². The van der Waals surface area contributed by atoms with E-state index >= 15 is 0 Å². The van der Waals surface area contributed by atoms with Crippen LogP contribution in [0, 0.1) is 0 Å².